The Bertz CT molecular complexity index is 3630. The Hall–Kier alpha value is -11.0. The van der Waals surface area contributed by atoms with Gasteiger partial charge in [-0.3, -0.25) is 71.9 Å². The SMILES string of the molecule is CC[C@H](C)[C@H](NC(=O)[C@H](CO)NC(=O)[C@H](Cc1ccc(O)cc1)NC(=O)[C@H](CC(=O)O)NC(=O)[C@H](C)NC(=O)[C@@H](NC(=O)[C@H](Cc1ccccc1)NC(=O)[C@@H](NC(=O)CNC(=O)[C@H](CCC(=O)O)NC(=O)[C@H](C)NC(=O)[C@@H](N)Cc1ccc(O)cc1)[C@@H](C)O)[C@@H](C)CC)C(=O)N[C@@H](C)C(=O)N[C@@H](CCSC)C(=O)O. The molecule has 3 aromatic rings. The van der Waals surface area contributed by atoms with Crippen molar-refractivity contribution in [2.24, 2.45) is 17.6 Å². The fourth-order valence-electron chi connectivity index (χ4n) is 10.4. The van der Waals surface area contributed by atoms with Gasteiger partial charge in [-0.25, -0.2) is 4.79 Å². The van der Waals surface area contributed by atoms with E-state index < -0.39 is 230 Å². The molecule has 0 saturated heterocycles. The van der Waals surface area contributed by atoms with Crippen LogP contribution >= 0.6 is 11.8 Å². The van der Waals surface area contributed by atoms with E-state index in [1.54, 1.807) is 64.3 Å². The maximum atomic E-state index is 14.5. The van der Waals surface area contributed by atoms with Crippen LogP contribution in [0.25, 0.3) is 0 Å². The van der Waals surface area contributed by atoms with E-state index in [4.69, 9.17) is 5.73 Å². The number of carboxylic acids is 3. The average molecular weight is 1550 g/mol. The summed E-state index contributed by atoms with van der Waals surface area (Å²) in [6.07, 6.45) is -2.37. The molecule has 0 unspecified atom stereocenters. The molecule has 0 aliphatic heterocycles. The zero-order valence-corrected chi connectivity index (χ0v) is 62.7. The normalized spacial score (nSPS) is 15.4. The van der Waals surface area contributed by atoms with E-state index in [0.717, 1.165) is 13.8 Å². The molecule has 13 amide bonds. The van der Waals surface area contributed by atoms with Gasteiger partial charge in [-0.2, -0.15) is 11.8 Å². The number of aliphatic carboxylic acids is 3. The summed E-state index contributed by atoms with van der Waals surface area (Å²) in [6.45, 7) is 9.25. The van der Waals surface area contributed by atoms with E-state index in [-0.39, 0.29) is 49.2 Å². The van der Waals surface area contributed by atoms with Crippen molar-refractivity contribution in [2.75, 3.05) is 25.2 Å². The van der Waals surface area contributed by atoms with Crippen molar-refractivity contribution >= 4 is 106 Å². The molecule has 109 heavy (non-hydrogen) atoms. The molecular formula is C71H102N14O23S. The molecule has 38 heteroatoms. The molecule has 0 heterocycles. The fraction of sp³-hybridized carbons (Fsp3) is 0.521. The molecule has 0 spiro atoms. The number of carbonyl (C=O) groups is 16. The molecular weight excluding hydrogens is 1450 g/mol. The molecule has 37 nitrogen and oxygen atoms in total. The van der Waals surface area contributed by atoms with Crippen LogP contribution in [0.2, 0.25) is 0 Å². The number of hydrogen-bond donors (Lipinski definition) is 21. The second-order valence-electron chi connectivity index (χ2n) is 26.2. The quantitative estimate of drug-likeness (QED) is 0.0257. The Labute approximate surface area is 633 Å². The Kier molecular flexibility index (Phi) is 39.2. The van der Waals surface area contributed by atoms with Crippen molar-refractivity contribution in [1.82, 2.24) is 69.1 Å². The van der Waals surface area contributed by atoms with Gasteiger partial charge in [0.25, 0.3) is 0 Å². The molecule has 0 bridgehead atoms. The van der Waals surface area contributed by atoms with Gasteiger partial charge in [0.2, 0.25) is 76.8 Å². The van der Waals surface area contributed by atoms with Gasteiger partial charge in [0.1, 0.15) is 84.0 Å². The van der Waals surface area contributed by atoms with Crippen LogP contribution in [0.15, 0.2) is 78.9 Å². The fourth-order valence-corrected chi connectivity index (χ4v) is 10.8. The van der Waals surface area contributed by atoms with Crippen molar-refractivity contribution in [3.8, 4) is 11.5 Å². The standard InChI is InChI=1S/C71H102N14O23S/c1-10-35(3)56(84-66(102)50(30-41-15-13-12-14-16-41)81-70(106)58(40(8)87)83-53(90)33-73-63(99)47(25-26-54(91)92)77-59(95)37(5)74-62(98)46(72)29-42-17-21-44(88)22-18-42)68(104)76-39(7)61(97)79-51(32-55(93)94)65(101)80-49(31-43-19-23-45(89)24-20-43)64(100)82-52(34-86)67(103)85-57(36(4)11-2)69(105)75-38(6)60(96)78-48(71(107)108)27-28-109-9/h12-24,35-40,46-52,56-58,86-89H,10-11,25-34,72H2,1-9H3,(H,73,99)(H,74,98)(H,75,105)(H,76,104)(H,77,95)(H,78,96)(H,79,97)(H,80,101)(H,81,106)(H,82,100)(H,83,90)(H,84,102)(H,85,103)(H,91,92)(H,93,94)(H,107,108)/t35-,36-,37-,38-,39-,40+,46-,47-,48-,49-,50-,51-,52-,56-,57-,58-/m0/s1. The van der Waals surface area contributed by atoms with Crippen LogP contribution in [0.1, 0.15) is 111 Å². The molecule has 3 aromatic carbocycles. The van der Waals surface area contributed by atoms with Crippen molar-refractivity contribution in [1.29, 1.82) is 0 Å². The number of aliphatic hydroxyl groups is 2. The third-order valence-corrected chi connectivity index (χ3v) is 18.0. The molecule has 16 atom stereocenters. The molecule has 0 aliphatic carbocycles. The third kappa shape index (κ3) is 32.2. The summed E-state index contributed by atoms with van der Waals surface area (Å²) >= 11 is 1.35. The molecule has 3 rings (SSSR count). The van der Waals surface area contributed by atoms with Crippen LogP contribution in [0, 0.1) is 11.8 Å². The second kappa shape index (κ2) is 46.3. The smallest absolute Gasteiger partial charge is 0.326 e. The number of thioether (sulfide) groups is 1. The lowest BCUT2D eigenvalue weighted by atomic mass is 9.96. The molecule has 0 radical (unpaired) electrons. The van der Waals surface area contributed by atoms with Crippen molar-refractivity contribution in [2.45, 2.75) is 198 Å². The summed E-state index contributed by atoms with van der Waals surface area (Å²) in [5, 5.41) is 101. The highest BCUT2D eigenvalue weighted by atomic mass is 32.2. The maximum Gasteiger partial charge on any atom is 0.326 e. The van der Waals surface area contributed by atoms with Crippen LogP contribution in [0.3, 0.4) is 0 Å². The van der Waals surface area contributed by atoms with E-state index in [0.29, 0.717) is 16.9 Å². The number of benzene rings is 3. The number of aliphatic hydroxyl groups excluding tert-OH is 2. The number of nitrogens with one attached hydrogen (secondary N) is 13. The maximum absolute atomic E-state index is 14.5. The molecule has 0 saturated carbocycles. The van der Waals surface area contributed by atoms with Crippen LogP contribution in [-0.4, -0.2) is 240 Å². The molecule has 0 fully saturated rings. The van der Waals surface area contributed by atoms with Gasteiger partial charge in [-0.05, 0) is 112 Å². The van der Waals surface area contributed by atoms with Crippen LogP contribution in [0.4, 0.5) is 0 Å². The number of phenolic OH excluding ortho intramolecular Hbond substituents is 2. The number of nitrogens with two attached hydrogens (primary N) is 1. The minimum absolute atomic E-state index is 0.0164. The Morgan fingerprint density at radius 3 is 1.25 bits per heavy atom. The van der Waals surface area contributed by atoms with Gasteiger partial charge in [0, 0.05) is 19.3 Å². The van der Waals surface area contributed by atoms with Crippen molar-refractivity contribution < 1.29 is 112 Å². The summed E-state index contributed by atoms with van der Waals surface area (Å²) in [5.41, 5.74) is 7.35. The van der Waals surface area contributed by atoms with Gasteiger partial charge in [0.15, 0.2) is 0 Å². The van der Waals surface area contributed by atoms with E-state index in [9.17, 15) is 112 Å². The number of amides is 13. The summed E-state index contributed by atoms with van der Waals surface area (Å²) in [4.78, 5) is 215. The zero-order valence-electron chi connectivity index (χ0n) is 61.9. The number of carboxylic acid groups (broad SMARTS) is 3. The van der Waals surface area contributed by atoms with Gasteiger partial charge < -0.3 is 111 Å². The van der Waals surface area contributed by atoms with Crippen molar-refractivity contribution in [3.05, 3.63) is 95.6 Å². The second-order valence-corrected chi connectivity index (χ2v) is 27.2. The molecule has 0 aromatic heterocycles. The van der Waals surface area contributed by atoms with Crippen LogP contribution in [0.5, 0.6) is 11.5 Å². The van der Waals surface area contributed by atoms with Crippen LogP contribution < -0.4 is 74.9 Å². The third-order valence-electron chi connectivity index (χ3n) is 17.3. The van der Waals surface area contributed by atoms with E-state index in [1.165, 1.54) is 74.1 Å². The first-order valence-corrected chi connectivity index (χ1v) is 36.4. The number of hydrogen-bond acceptors (Lipinski definition) is 22. The number of aromatic hydroxyl groups is 2. The number of rotatable bonds is 47. The first-order valence-electron chi connectivity index (χ1n) is 35.0. The minimum atomic E-state index is -2.02. The number of phenols is 2. The van der Waals surface area contributed by atoms with Gasteiger partial charge >= 0.3 is 17.9 Å². The lowest BCUT2D eigenvalue weighted by Crippen LogP contribution is -2.62. The topological polar surface area (TPSA) is 597 Å². The Morgan fingerprint density at radius 1 is 0.413 bits per heavy atom. The van der Waals surface area contributed by atoms with E-state index >= 15 is 0 Å². The Balaban J connectivity index is 1.81. The molecule has 22 N–H and O–H groups in total. The zero-order chi connectivity index (χ0) is 81.9. The molecule has 600 valence electrons. The summed E-state index contributed by atoms with van der Waals surface area (Å²) in [7, 11) is 0. The van der Waals surface area contributed by atoms with Crippen LogP contribution in [-0.2, 0) is 96.0 Å². The highest BCUT2D eigenvalue weighted by Crippen LogP contribution is 2.17. The Morgan fingerprint density at radius 2 is 0.807 bits per heavy atom. The minimum Gasteiger partial charge on any atom is -0.508 e. The van der Waals surface area contributed by atoms with Crippen molar-refractivity contribution in [3.63, 3.8) is 0 Å². The van der Waals surface area contributed by atoms with E-state index in [1.807, 2.05) is 0 Å². The molecule has 0 aliphatic rings. The first-order chi connectivity index (χ1) is 51.3. The largest absolute Gasteiger partial charge is 0.508 e. The summed E-state index contributed by atoms with van der Waals surface area (Å²) < 4.78 is 0. The van der Waals surface area contributed by atoms with Gasteiger partial charge in [-0.15, -0.1) is 0 Å². The predicted octanol–water partition coefficient (Wildman–Crippen LogP) is -3.91. The van der Waals surface area contributed by atoms with Gasteiger partial charge in [-0.1, -0.05) is 95.1 Å². The highest BCUT2D eigenvalue weighted by Gasteiger charge is 2.38. The monoisotopic (exact) mass is 1550 g/mol. The average Bonchev–Trinajstić information content (AvgIpc) is 0.847. The predicted molar refractivity (Wildman–Crippen MR) is 392 cm³/mol. The summed E-state index contributed by atoms with van der Waals surface area (Å²) in [6, 6.07) is -1.12. The number of carbonyl (C=O) groups excluding carboxylic acids is 13. The summed E-state index contributed by atoms with van der Waals surface area (Å²) in [5.74, 6) is -19.0. The van der Waals surface area contributed by atoms with Gasteiger partial charge in [0.05, 0.1) is 31.7 Å². The first kappa shape index (κ1) is 92.2. The lowest BCUT2D eigenvalue weighted by Gasteiger charge is -2.29. The van der Waals surface area contributed by atoms with E-state index in [2.05, 4.69) is 69.1 Å². The highest BCUT2D eigenvalue weighted by molar-refractivity contribution is 7.98. The lowest BCUT2D eigenvalue weighted by molar-refractivity contribution is -0.142.